The Morgan fingerprint density at radius 3 is 1.62 bits per heavy atom. The van der Waals surface area contributed by atoms with E-state index >= 15 is 0 Å². The molecule has 0 N–H and O–H groups in total. The van der Waals surface area contributed by atoms with Crippen LogP contribution in [-0.4, -0.2) is 69.8 Å². The van der Waals surface area contributed by atoms with Crippen molar-refractivity contribution in [3.8, 4) is 17.1 Å². The van der Waals surface area contributed by atoms with Crippen LogP contribution in [0.4, 0.5) is 0 Å². The van der Waals surface area contributed by atoms with E-state index in [1.54, 1.807) is 70.2 Å². The number of carbonyl (C=O) groups excluding carboxylic acids is 5. The van der Waals surface area contributed by atoms with Gasteiger partial charge in [-0.15, -0.1) is 0 Å². The molecule has 15 heteroatoms. The first kappa shape index (κ1) is 45.8. The molecule has 0 fully saturated rings. The Balaban J connectivity index is 1.81. The molecule has 0 spiro atoms. The zero-order chi connectivity index (χ0) is 44.3. The SMILES string of the molecule is C=C(C)C(=O)OCCOC(=O)CCc1cc(C)cc(-n2c(=O)n(-c3cc(C)cc(CCC(=O)COC(=O)C(=C)C)c3)c(=O)n(-c3ccc(C)c(CC(=O)OCC)c3)c2=O)c1. The normalized spacial score (nSPS) is 10.8. The summed E-state index contributed by atoms with van der Waals surface area (Å²) in [5.74, 6) is -2.72. The lowest BCUT2D eigenvalue weighted by Crippen LogP contribution is -2.52. The van der Waals surface area contributed by atoms with Crippen LogP contribution in [0.25, 0.3) is 17.1 Å². The molecular formula is C45H49N3O12. The Labute approximate surface area is 346 Å². The number of carbonyl (C=O) groups is 5. The van der Waals surface area contributed by atoms with E-state index in [4.69, 9.17) is 18.9 Å². The van der Waals surface area contributed by atoms with E-state index in [0.29, 0.717) is 33.4 Å². The molecule has 0 saturated heterocycles. The molecule has 4 rings (SSSR count). The molecule has 0 radical (unpaired) electrons. The van der Waals surface area contributed by atoms with E-state index in [1.807, 2.05) is 0 Å². The Morgan fingerprint density at radius 1 is 0.583 bits per heavy atom. The fourth-order valence-corrected chi connectivity index (χ4v) is 6.15. The second-order valence-electron chi connectivity index (χ2n) is 14.3. The molecule has 4 aromatic rings. The lowest BCUT2D eigenvalue weighted by molar-refractivity contribution is -0.150. The summed E-state index contributed by atoms with van der Waals surface area (Å²) in [6.07, 6.45) is 0.112. The number of hydrogen-bond donors (Lipinski definition) is 0. The van der Waals surface area contributed by atoms with Crippen molar-refractivity contribution in [2.75, 3.05) is 26.4 Å². The van der Waals surface area contributed by atoms with E-state index in [2.05, 4.69) is 13.2 Å². The highest BCUT2D eigenvalue weighted by molar-refractivity contribution is 5.90. The van der Waals surface area contributed by atoms with Crippen LogP contribution in [0.1, 0.15) is 67.0 Å². The van der Waals surface area contributed by atoms with E-state index in [1.165, 1.54) is 26.0 Å². The third-order valence-electron chi connectivity index (χ3n) is 9.09. The maximum atomic E-state index is 14.6. The van der Waals surface area contributed by atoms with Crippen molar-refractivity contribution in [1.82, 2.24) is 13.7 Å². The van der Waals surface area contributed by atoms with Crippen LogP contribution in [0, 0.1) is 20.8 Å². The van der Waals surface area contributed by atoms with E-state index in [0.717, 1.165) is 13.7 Å². The van der Waals surface area contributed by atoms with Gasteiger partial charge in [0, 0.05) is 24.0 Å². The summed E-state index contributed by atoms with van der Waals surface area (Å²) in [7, 11) is 0. The molecule has 3 aromatic carbocycles. The number of nitrogens with zero attached hydrogens (tertiary/aromatic N) is 3. The highest BCUT2D eigenvalue weighted by atomic mass is 16.6. The van der Waals surface area contributed by atoms with Crippen molar-refractivity contribution < 1.29 is 42.9 Å². The van der Waals surface area contributed by atoms with E-state index in [9.17, 15) is 38.4 Å². The minimum atomic E-state index is -0.991. The van der Waals surface area contributed by atoms with Gasteiger partial charge in [-0.3, -0.25) is 14.4 Å². The van der Waals surface area contributed by atoms with Crippen LogP contribution in [0.2, 0.25) is 0 Å². The molecule has 0 amide bonds. The van der Waals surface area contributed by atoms with Gasteiger partial charge in [0.15, 0.2) is 5.78 Å². The van der Waals surface area contributed by atoms with E-state index < -0.39 is 47.6 Å². The molecule has 0 aliphatic carbocycles. The monoisotopic (exact) mass is 823 g/mol. The van der Waals surface area contributed by atoms with Crippen LogP contribution in [-0.2, 0) is 62.2 Å². The standard InChI is InChI=1S/C45H49N3O12/c1-9-57-40(51)25-34-24-35(13-10-31(34)8)46-43(54)47(36-20-29(6)18-32(22-36)11-14-38(49)26-60-42(53)28(4)5)45(56)48(44(46)55)37-21-30(7)19-33(23-37)12-15-39(50)58-16-17-59-41(52)27(2)3/h10,13,18-24H,2,4,9,11-12,14-17,25-26H2,1,3,5-8H3. The Hall–Kier alpha value is -6.90. The smallest absolute Gasteiger partial charge is 0.345 e. The number of hydrogen-bond acceptors (Lipinski definition) is 12. The average Bonchev–Trinajstić information content (AvgIpc) is 3.17. The van der Waals surface area contributed by atoms with Crippen LogP contribution in [0.3, 0.4) is 0 Å². The summed E-state index contributed by atoms with van der Waals surface area (Å²) < 4.78 is 22.8. The van der Waals surface area contributed by atoms with Crippen LogP contribution < -0.4 is 17.1 Å². The second kappa shape index (κ2) is 20.7. The van der Waals surface area contributed by atoms with Gasteiger partial charge in [-0.2, -0.15) is 0 Å². The van der Waals surface area contributed by atoms with Gasteiger partial charge in [0.05, 0.1) is 30.1 Å². The number of aromatic nitrogens is 3. The predicted octanol–water partition coefficient (Wildman–Crippen LogP) is 4.39. The predicted molar refractivity (Wildman–Crippen MR) is 222 cm³/mol. The van der Waals surface area contributed by atoms with Crippen molar-refractivity contribution in [3.05, 3.63) is 144 Å². The minimum Gasteiger partial charge on any atom is -0.466 e. The first-order chi connectivity index (χ1) is 28.4. The molecule has 0 unspecified atom stereocenters. The van der Waals surface area contributed by atoms with Gasteiger partial charge >= 0.3 is 40.9 Å². The Bertz CT molecular complexity index is 2540. The summed E-state index contributed by atoms with van der Waals surface area (Å²) >= 11 is 0. The van der Waals surface area contributed by atoms with Crippen molar-refractivity contribution in [1.29, 1.82) is 0 Å². The van der Waals surface area contributed by atoms with E-state index in [-0.39, 0.29) is 85.9 Å². The number of rotatable bonds is 19. The molecule has 0 bridgehead atoms. The van der Waals surface area contributed by atoms with Gasteiger partial charge in [-0.05, 0) is 124 Å². The number of Topliss-reactive ketones (excluding diaryl/α,β-unsaturated/α-hetero) is 1. The van der Waals surface area contributed by atoms with Crippen LogP contribution >= 0.6 is 0 Å². The summed E-state index contributed by atoms with van der Waals surface area (Å²) in [6.45, 7) is 16.3. The minimum absolute atomic E-state index is 0.0142. The molecule has 316 valence electrons. The van der Waals surface area contributed by atoms with Crippen molar-refractivity contribution >= 4 is 29.7 Å². The molecule has 0 aliphatic rings. The van der Waals surface area contributed by atoms with Gasteiger partial charge in [-0.1, -0.05) is 31.4 Å². The zero-order valence-electron chi connectivity index (χ0n) is 34.7. The highest BCUT2D eigenvalue weighted by Crippen LogP contribution is 2.19. The van der Waals surface area contributed by atoms with Gasteiger partial charge in [0.2, 0.25) is 0 Å². The lowest BCUT2D eigenvalue weighted by atomic mass is 10.0. The fourth-order valence-electron chi connectivity index (χ4n) is 6.15. The largest absolute Gasteiger partial charge is 0.466 e. The van der Waals surface area contributed by atoms with Crippen molar-refractivity contribution in [3.63, 3.8) is 0 Å². The molecule has 60 heavy (non-hydrogen) atoms. The van der Waals surface area contributed by atoms with Crippen LogP contribution in [0.5, 0.6) is 0 Å². The third-order valence-corrected chi connectivity index (χ3v) is 9.09. The lowest BCUT2D eigenvalue weighted by Gasteiger charge is -2.17. The number of aryl methyl sites for hydroxylation is 5. The third kappa shape index (κ3) is 12.1. The molecule has 0 saturated carbocycles. The fraction of sp³-hybridized carbons (Fsp3) is 0.333. The van der Waals surface area contributed by atoms with Gasteiger partial charge < -0.3 is 18.9 Å². The Morgan fingerprint density at radius 2 is 1.08 bits per heavy atom. The first-order valence-electron chi connectivity index (χ1n) is 19.2. The van der Waals surface area contributed by atoms with Crippen molar-refractivity contribution in [2.45, 2.75) is 73.6 Å². The molecule has 15 nitrogen and oxygen atoms in total. The maximum Gasteiger partial charge on any atom is 0.345 e. The summed E-state index contributed by atoms with van der Waals surface area (Å²) in [5, 5.41) is 0. The number of benzene rings is 3. The quantitative estimate of drug-likeness (QED) is 0.0563. The van der Waals surface area contributed by atoms with Gasteiger partial charge in [0.25, 0.3) is 0 Å². The average molecular weight is 824 g/mol. The Kier molecular flexibility index (Phi) is 15.8. The van der Waals surface area contributed by atoms with Crippen molar-refractivity contribution in [2.24, 2.45) is 0 Å². The zero-order valence-corrected chi connectivity index (χ0v) is 34.7. The molecule has 1 heterocycles. The molecular weight excluding hydrogens is 775 g/mol. The van der Waals surface area contributed by atoms with Gasteiger partial charge in [-0.25, -0.2) is 37.7 Å². The van der Waals surface area contributed by atoms with Gasteiger partial charge in [0.1, 0.15) is 19.8 Å². The topological polar surface area (TPSA) is 188 Å². The number of ketones is 1. The summed E-state index contributed by atoms with van der Waals surface area (Å²) in [4.78, 5) is 105. The number of esters is 4. The summed E-state index contributed by atoms with van der Waals surface area (Å²) in [5.41, 5.74) is 1.37. The highest BCUT2D eigenvalue weighted by Gasteiger charge is 2.22. The van der Waals surface area contributed by atoms with Crippen LogP contribution in [0.15, 0.2) is 93.3 Å². The first-order valence-corrected chi connectivity index (χ1v) is 19.2. The maximum absolute atomic E-state index is 14.6. The second-order valence-corrected chi connectivity index (χ2v) is 14.3. The number of ether oxygens (including phenoxy) is 4. The summed E-state index contributed by atoms with van der Waals surface area (Å²) in [6, 6.07) is 14.6. The molecule has 0 aliphatic heterocycles. The molecule has 0 atom stereocenters. The molecule has 1 aromatic heterocycles.